The molecule has 0 aliphatic heterocycles. The van der Waals surface area contributed by atoms with E-state index in [9.17, 15) is 19.5 Å². The molecule has 2 aliphatic rings. The van der Waals surface area contributed by atoms with Gasteiger partial charge in [0.25, 0.3) is 0 Å². The standard InChI is InChI=1S/C28H34N2O5/c1-17(2)24(26(31)29-14-18-8-7-13-19(18)27(32)33)15-30-28(34)35-16-25-22-11-5-3-9-20(22)21-10-4-6-12-23(21)25/h3-6,9-12,17-19,24-25H,7-8,13-16H2,1-2H3,(H,29,31)(H,30,34)(H,32,33)/t18-,19-,24?/m1/s1. The average molecular weight is 479 g/mol. The molecule has 35 heavy (non-hydrogen) atoms. The second kappa shape index (κ2) is 10.9. The molecule has 3 atom stereocenters. The second-order valence-corrected chi connectivity index (χ2v) is 9.94. The monoisotopic (exact) mass is 478 g/mol. The molecule has 1 unspecified atom stereocenters. The lowest BCUT2D eigenvalue weighted by Gasteiger charge is -2.23. The fraction of sp³-hybridized carbons (Fsp3) is 0.464. The van der Waals surface area contributed by atoms with Gasteiger partial charge in [-0.05, 0) is 46.9 Å². The van der Waals surface area contributed by atoms with Gasteiger partial charge < -0.3 is 20.5 Å². The molecular formula is C28H34N2O5. The SMILES string of the molecule is CC(C)C(CNC(=O)OCC1c2ccccc2-c2ccccc21)C(=O)NC[C@H]1CCC[C@H]1C(=O)O. The summed E-state index contributed by atoms with van der Waals surface area (Å²) in [6, 6.07) is 16.3. The molecule has 7 nitrogen and oxygen atoms in total. The first kappa shape index (κ1) is 24.8. The van der Waals surface area contributed by atoms with Gasteiger partial charge >= 0.3 is 12.1 Å². The van der Waals surface area contributed by atoms with Gasteiger partial charge in [0.1, 0.15) is 6.61 Å². The lowest BCUT2D eigenvalue weighted by atomic mass is 9.93. The predicted octanol–water partition coefficient (Wildman–Crippen LogP) is 4.41. The zero-order valence-corrected chi connectivity index (χ0v) is 20.3. The lowest BCUT2D eigenvalue weighted by Crippen LogP contribution is -2.43. The number of alkyl carbamates (subject to hydrolysis) is 1. The zero-order chi connectivity index (χ0) is 24.9. The van der Waals surface area contributed by atoms with Gasteiger partial charge in [0.2, 0.25) is 5.91 Å². The summed E-state index contributed by atoms with van der Waals surface area (Å²) in [6.45, 7) is 4.59. The van der Waals surface area contributed by atoms with E-state index in [-0.39, 0.29) is 36.8 Å². The minimum atomic E-state index is -0.793. The third kappa shape index (κ3) is 5.50. The van der Waals surface area contributed by atoms with Crippen molar-refractivity contribution in [1.82, 2.24) is 10.6 Å². The normalized spacial score (nSPS) is 19.6. The highest BCUT2D eigenvalue weighted by atomic mass is 16.5. The third-order valence-electron chi connectivity index (χ3n) is 7.47. The van der Waals surface area contributed by atoms with E-state index in [1.165, 1.54) is 11.1 Å². The number of carboxylic acids is 1. The predicted molar refractivity (Wildman–Crippen MR) is 133 cm³/mol. The highest BCUT2D eigenvalue weighted by Crippen LogP contribution is 2.44. The summed E-state index contributed by atoms with van der Waals surface area (Å²) in [5.74, 6) is -1.85. The number of ether oxygens (including phenoxy) is 1. The van der Waals surface area contributed by atoms with Crippen LogP contribution in [0.3, 0.4) is 0 Å². The first-order chi connectivity index (χ1) is 16.9. The Morgan fingerprint density at radius 3 is 2.20 bits per heavy atom. The highest BCUT2D eigenvalue weighted by molar-refractivity contribution is 5.81. The topological polar surface area (TPSA) is 105 Å². The fourth-order valence-electron chi connectivity index (χ4n) is 5.44. The largest absolute Gasteiger partial charge is 0.481 e. The van der Waals surface area contributed by atoms with Crippen molar-refractivity contribution in [3.8, 4) is 11.1 Å². The Morgan fingerprint density at radius 2 is 1.60 bits per heavy atom. The smallest absolute Gasteiger partial charge is 0.407 e. The van der Waals surface area contributed by atoms with Crippen LogP contribution in [-0.2, 0) is 14.3 Å². The molecule has 0 aromatic heterocycles. The molecule has 2 aromatic rings. The van der Waals surface area contributed by atoms with E-state index in [1.54, 1.807) is 0 Å². The number of carbonyl (C=O) groups excluding carboxylic acids is 2. The Balaban J connectivity index is 1.29. The first-order valence-electron chi connectivity index (χ1n) is 12.5. The summed E-state index contributed by atoms with van der Waals surface area (Å²) in [7, 11) is 0. The maximum atomic E-state index is 12.8. The second-order valence-electron chi connectivity index (χ2n) is 9.94. The van der Waals surface area contributed by atoms with Crippen molar-refractivity contribution in [2.24, 2.45) is 23.7 Å². The summed E-state index contributed by atoms with van der Waals surface area (Å²) in [6.07, 6.45) is 1.79. The molecule has 0 spiro atoms. The maximum Gasteiger partial charge on any atom is 0.407 e. The number of benzene rings is 2. The van der Waals surface area contributed by atoms with Crippen LogP contribution >= 0.6 is 0 Å². The van der Waals surface area contributed by atoms with Crippen LogP contribution in [0.4, 0.5) is 4.79 Å². The summed E-state index contributed by atoms with van der Waals surface area (Å²) >= 11 is 0. The number of rotatable bonds is 9. The number of amides is 2. The van der Waals surface area contributed by atoms with E-state index < -0.39 is 23.9 Å². The number of fused-ring (bicyclic) bond motifs is 3. The van der Waals surface area contributed by atoms with Crippen LogP contribution in [0.1, 0.15) is 50.2 Å². The third-order valence-corrected chi connectivity index (χ3v) is 7.47. The van der Waals surface area contributed by atoms with Crippen LogP contribution < -0.4 is 10.6 Å². The van der Waals surface area contributed by atoms with Gasteiger partial charge in [0, 0.05) is 19.0 Å². The molecule has 7 heteroatoms. The van der Waals surface area contributed by atoms with Crippen molar-refractivity contribution in [3.05, 3.63) is 59.7 Å². The molecule has 186 valence electrons. The number of aliphatic carboxylic acids is 1. The van der Waals surface area contributed by atoms with Crippen LogP contribution in [0, 0.1) is 23.7 Å². The number of carbonyl (C=O) groups is 3. The molecule has 0 radical (unpaired) electrons. The van der Waals surface area contributed by atoms with Gasteiger partial charge in [-0.1, -0.05) is 68.8 Å². The summed E-state index contributed by atoms with van der Waals surface area (Å²) in [5, 5.41) is 15.0. The number of carboxylic acid groups (broad SMARTS) is 1. The first-order valence-corrected chi connectivity index (χ1v) is 12.5. The van der Waals surface area contributed by atoms with Crippen molar-refractivity contribution < 1.29 is 24.2 Å². The molecule has 3 N–H and O–H groups in total. The van der Waals surface area contributed by atoms with Gasteiger partial charge in [-0.3, -0.25) is 9.59 Å². The van der Waals surface area contributed by atoms with Crippen molar-refractivity contribution >= 4 is 18.0 Å². The van der Waals surface area contributed by atoms with E-state index in [1.807, 2.05) is 38.1 Å². The van der Waals surface area contributed by atoms with Crippen molar-refractivity contribution in [2.45, 2.75) is 39.0 Å². The van der Waals surface area contributed by atoms with Crippen LogP contribution in [0.25, 0.3) is 11.1 Å². The zero-order valence-electron chi connectivity index (χ0n) is 20.3. The van der Waals surface area contributed by atoms with Gasteiger partial charge in [0.15, 0.2) is 0 Å². The van der Waals surface area contributed by atoms with E-state index in [2.05, 4.69) is 34.9 Å². The minimum absolute atomic E-state index is 0.00253. The van der Waals surface area contributed by atoms with Gasteiger partial charge in [-0.25, -0.2) is 4.79 Å². The Morgan fingerprint density at radius 1 is 0.971 bits per heavy atom. The summed E-state index contributed by atoms with van der Waals surface area (Å²) in [5.41, 5.74) is 4.63. The van der Waals surface area contributed by atoms with Gasteiger partial charge in [-0.15, -0.1) is 0 Å². The average Bonchev–Trinajstić information content (AvgIpc) is 3.44. The van der Waals surface area contributed by atoms with Gasteiger partial charge in [-0.2, -0.15) is 0 Å². The Kier molecular flexibility index (Phi) is 7.73. The summed E-state index contributed by atoms with van der Waals surface area (Å²) in [4.78, 5) is 36.7. The Hall–Kier alpha value is -3.35. The van der Waals surface area contributed by atoms with E-state index in [0.717, 1.165) is 24.0 Å². The Bertz CT molecular complexity index is 1040. The van der Waals surface area contributed by atoms with E-state index in [0.29, 0.717) is 13.0 Å². The molecule has 2 aliphatic carbocycles. The van der Waals surface area contributed by atoms with Gasteiger partial charge in [0.05, 0.1) is 11.8 Å². The highest BCUT2D eigenvalue weighted by Gasteiger charge is 2.34. The van der Waals surface area contributed by atoms with Crippen LogP contribution in [0.5, 0.6) is 0 Å². The van der Waals surface area contributed by atoms with Crippen molar-refractivity contribution in [2.75, 3.05) is 19.7 Å². The molecule has 0 saturated heterocycles. The number of hydrogen-bond donors (Lipinski definition) is 3. The minimum Gasteiger partial charge on any atom is -0.481 e. The maximum absolute atomic E-state index is 12.8. The van der Waals surface area contributed by atoms with E-state index >= 15 is 0 Å². The molecule has 0 heterocycles. The van der Waals surface area contributed by atoms with Crippen LogP contribution in [0.2, 0.25) is 0 Å². The van der Waals surface area contributed by atoms with Crippen LogP contribution in [0.15, 0.2) is 48.5 Å². The summed E-state index contributed by atoms with van der Waals surface area (Å²) < 4.78 is 5.58. The van der Waals surface area contributed by atoms with E-state index in [4.69, 9.17) is 4.74 Å². The Labute approximate surface area is 206 Å². The molecule has 0 bridgehead atoms. The molecule has 2 amide bonds. The molecule has 1 fully saturated rings. The lowest BCUT2D eigenvalue weighted by molar-refractivity contribution is -0.143. The van der Waals surface area contributed by atoms with Crippen LogP contribution in [-0.4, -0.2) is 42.8 Å². The fourth-order valence-corrected chi connectivity index (χ4v) is 5.44. The molecule has 2 aromatic carbocycles. The quantitative estimate of drug-likeness (QED) is 0.495. The van der Waals surface area contributed by atoms with Crippen molar-refractivity contribution in [1.29, 1.82) is 0 Å². The number of nitrogens with one attached hydrogen (secondary N) is 2. The molecule has 4 rings (SSSR count). The molecular weight excluding hydrogens is 444 g/mol. The number of hydrogen-bond acceptors (Lipinski definition) is 4. The molecule has 1 saturated carbocycles. The van der Waals surface area contributed by atoms with Crippen molar-refractivity contribution in [3.63, 3.8) is 0 Å².